The van der Waals surface area contributed by atoms with Crippen LogP contribution in [0.25, 0.3) is 0 Å². The Morgan fingerprint density at radius 3 is 2.32 bits per heavy atom. The highest BCUT2D eigenvalue weighted by Crippen LogP contribution is 2.27. The van der Waals surface area contributed by atoms with E-state index in [1.165, 1.54) is 0 Å². The standard InChI is InChI=1S/C13H23N3O3/c1-8(2)11(12(17)18)15-13(19)14-10-7-16-5-3-9(10)4-6-16/h8-11H,3-7H2,1-2H3,(H,17,18)(H2,14,15,19)/t10?,11-/m0/s1. The number of carboxylic acid groups (broad SMARTS) is 1. The Kier molecular flexibility index (Phi) is 4.29. The van der Waals surface area contributed by atoms with E-state index in [0.29, 0.717) is 5.92 Å². The third kappa shape index (κ3) is 3.37. The van der Waals surface area contributed by atoms with Gasteiger partial charge in [0, 0.05) is 12.6 Å². The lowest BCUT2D eigenvalue weighted by Gasteiger charge is -2.44. The first-order valence-electron chi connectivity index (χ1n) is 6.99. The van der Waals surface area contributed by atoms with Crippen LogP contribution in [0.3, 0.4) is 0 Å². The normalized spacial score (nSPS) is 31.0. The van der Waals surface area contributed by atoms with Gasteiger partial charge in [-0.3, -0.25) is 0 Å². The number of urea groups is 1. The predicted molar refractivity (Wildman–Crippen MR) is 70.9 cm³/mol. The average molecular weight is 269 g/mol. The SMILES string of the molecule is CC(C)[C@H](NC(=O)NC1CN2CCC1CC2)C(=O)O. The van der Waals surface area contributed by atoms with E-state index in [2.05, 4.69) is 15.5 Å². The fourth-order valence-corrected chi connectivity index (χ4v) is 2.99. The topological polar surface area (TPSA) is 81.7 Å². The van der Waals surface area contributed by atoms with E-state index in [-0.39, 0.29) is 18.0 Å². The Morgan fingerprint density at radius 2 is 1.89 bits per heavy atom. The van der Waals surface area contributed by atoms with Crippen LogP contribution in [-0.2, 0) is 4.79 Å². The maximum atomic E-state index is 11.9. The van der Waals surface area contributed by atoms with Gasteiger partial charge in [-0.1, -0.05) is 13.8 Å². The number of fused-ring (bicyclic) bond motifs is 3. The summed E-state index contributed by atoms with van der Waals surface area (Å²) in [5.74, 6) is -0.577. The monoisotopic (exact) mass is 269 g/mol. The largest absolute Gasteiger partial charge is 0.480 e. The van der Waals surface area contributed by atoms with Crippen LogP contribution >= 0.6 is 0 Å². The molecule has 1 unspecified atom stereocenters. The quantitative estimate of drug-likeness (QED) is 0.693. The minimum Gasteiger partial charge on any atom is -0.480 e. The number of carboxylic acids is 1. The van der Waals surface area contributed by atoms with Gasteiger partial charge >= 0.3 is 12.0 Å². The molecule has 0 aromatic carbocycles. The number of piperidine rings is 3. The molecule has 3 aliphatic rings. The van der Waals surface area contributed by atoms with Gasteiger partial charge < -0.3 is 20.6 Å². The molecule has 3 fully saturated rings. The van der Waals surface area contributed by atoms with Crippen LogP contribution in [0.2, 0.25) is 0 Å². The Balaban J connectivity index is 1.85. The number of rotatable bonds is 4. The molecule has 2 atom stereocenters. The first kappa shape index (κ1) is 14.1. The van der Waals surface area contributed by atoms with Gasteiger partial charge in [-0.15, -0.1) is 0 Å². The summed E-state index contributed by atoms with van der Waals surface area (Å²) in [5, 5.41) is 14.5. The molecule has 0 saturated carbocycles. The predicted octanol–water partition coefficient (Wildman–Crippen LogP) is 0.489. The Morgan fingerprint density at radius 1 is 1.26 bits per heavy atom. The van der Waals surface area contributed by atoms with E-state index in [0.717, 1.165) is 32.5 Å². The lowest BCUT2D eigenvalue weighted by atomic mass is 9.84. The summed E-state index contributed by atoms with van der Waals surface area (Å²) in [5.41, 5.74) is 0. The molecule has 0 spiro atoms. The molecule has 6 nitrogen and oxygen atoms in total. The molecule has 3 aliphatic heterocycles. The number of nitrogens with one attached hydrogen (secondary N) is 2. The van der Waals surface area contributed by atoms with Crippen molar-refractivity contribution in [1.82, 2.24) is 15.5 Å². The summed E-state index contributed by atoms with van der Waals surface area (Å²) in [6.45, 7) is 6.70. The lowest BCUT2D eigenvalue weighted by molar-refractivity contribution is -0.140. The van der Waals surface area contributed by atoms with Gasteiger partial charge in [0.1, 0.15) is 6.04 Å². The van der Waals surface area contributed by atoms with Crippen molar-refractivity contribution in [3.63, 3.8) is 0 Å². The van der Waals surface area contributed by atoms with Crippen LogP contribution in [0, 0.1) is 11.8 Å². The van der Waals surface area contributed by atoms with E-state index in [4.69, 9.17) is 5.11 Å². The zero-order chi connectivity index (χ0) is 14.0. The van der Waals surface area contributed by atoms with Gasteiger partial charge in [0.25, 0.3) is 0 Å². The van der Waals surface area contributed by atoms with Crippen molar-refractivity contribution in [2.75, 3.05) is 19.6 Å². The summed E-state index contributed by atoms with van der Waals surface area (Å²) in [6, 6.07) is -1.04. The molecule has 3 rings (SSSR count). The molecule has 6 heteroatoms. The number of hydrogen-bond acceptors (Lipinski definition) is 3. The minimum absolute atomic E-state index is 0.130. The zero-order valence-electron chi connectivity index (χ0n) is 11.6. The van der Waals surface area contributed by atoms with E-state index >= 15 is 0 Å². The molecule has 3 N–H and O–H groups in total. The summed E-state index contributed by atoms with van der Waals surface area (Å²) in [7, 11) is 0. The molecule has 3 heterocycles. The van der Waals surface area contributed by atoms with Crippen LogP contribution < -0.4 is 10.6 Å². The first-order valence-corrected chi connectivity index (χ1v) is 6.99. The summed E-state index contributed by atoms with van der Waals surface area (Å²) in [4.78, 5) is 25.3. The zero-order valence-corrected chi connectivity index (χ0v) is 11.6. The molecule has 19 heavy (non-hydrogen) atoms. The number of nitrogens with zero attached hydrogens (tertiary/aromatic N) is 1. The van der Waals surface area contributed by atoms with Crippen LogP contribution in [0.15, 0.2) is 0 Å². The molecule has 3 saturated heterocycles. The van der Waals surface area contributed by atoms with Crippen LogP contribution in [0.5, 0.6) is 0 Å². The van der Waals surface area contributed by atoms with Gasteiger partial charge in [-0.05, 0) is 37.8 Å². The Hall–Kier alpha value is -1.30. The summed E-state index contributed by atoms with van der Waals surface area (Å²) < 4.78 is 0. The summed E-state index contributed by atoms with van der Waals surface area (Å²) >= 11 is 0. The van der Waals surface area contributed by atoms with E-state index in [1.54, 1.807) is 13.8 Å². The third-order valence-corrected chi connectivity index (χ3v) is 4.19. The second kappa shape index (κ2) is 5.77. The molecular formula is C13H23N3O3. The van der Waals surface area contributed by atoms with Crippen molar-refractivity contribution < 1.29 is 14.7 Å². The third-order valence-electron chi connectivity index (χ3n) is 4.19. The van der Waals surface area contributed by atoms with Crippen molar-refractivity contribution in [3.05, 3.63) is 0 Å². The highest BCUT2D eigenvalue weighted by Gasteiger charge is 2.35. The number of carbonyl (C=O) groups is 2. The fourth-order valence-electron chi connectivity index (χ4n) is 2.99. The highest BCUT2D eigenvalue weighted by atomic mass is 16.4. The number of carbonyl (C=O) groups excluding carboxylic acids is 1. The fraction of sp³-hybridized carbons (Fsp3) is 0.846. The summed E-state index contributed by atoms with van der Waals surface area (Å²) in [6.07, 6.45) is 2.25. The Labute approximate surface area is 113 Å². The lowest BCUT2D eigenvalue weighted by Crippen LogP contribution is -2.60. The van der Waals surface area contributed by atoms with Crippen LogP contribution in [0.4, 0.5) is 4.79 Å². The second-order valence-corrected chi connectivity index (χ2v) is 5.92. The van der Waals surface area contributed by atoms with Crippen molar-refractivity contribution in [1.29, 1.82) is 0 Å². The average Bonchev–Trinajstić information content (AvgIpc) is 2.36. The molecule has 0 aliphatic carbocycles. The van der Waals surface area contributed by atoms with Gasteiger partial charge in [-0.2, -0.15) is 0 Å². The molecule has 0 aromatic heterocycles. The van der Waals surface area contributed by atoms with E-state index in [1.807, 2.05) is 0 Å². The van der Waals surface area contributed by atoms with Crippen molar-refractivity contribution >= 4 is 12.0 Å². The van der Waals surface area contributed by atoms with Gasteiger partial charge in [0.05, 0.1) is 0 Å². The molecule has 2 bridgehead atoms. The minimum atomic E-state index is -0.987. The van der Waals surface area contributed by atoms with Gasteiger partial charge in [0.2, 0.25) is 0 Å². The molecule has 108 valence electrons. The molecule has 0 aromatic rings. The van der Waals surface area contributed by atoms with Crippen LogP contribution in [-0.4, -0.2) is 53.7 Å². The molecule has 0 radical (unpaired) electrons. The maximum Gasteiger partial charge on any atom is 0.326 e. The first-order chi connectivity index (χ1) is 8.97. The second-order valence-electron chi connectivity index (χ2n) is 5.92. The highest BCUT2D eigenvalue weighted by molar-refractivity contribution is 5.82. The molecular weight excluding hydrogens is 246 g/mol. The molecule has 2 amide bonds. The van der Waals surface area contributed by atoms with Crippen molar-refractivity contribution in [3.8, 4) is 0 Å². The number of amides is 2. The van der Waals surface area contributed by atoms with Crippen LogP contribution in [0.1, 0.15) is 26.7 Å². The van der Waals surface area contributed by atoms with E-state index < -0.39 is 12.0 Å². The number of hydrogen-bond donors (Lipinski definition) is 3. The maximum absolute atomic E-state index is 11.9. The van der Waals surface area contributed by atoms with Crippen molar-refractivity contribution in [2.45, 2.75) is 38.8 Å². The van der Waals surface area contributed by atoms with E-state index in [9.17, 15) is 9.59 Å². The Bertz CT molecular complexity index is 351. The number of aliphatic carboxylic acids is 1. The van der Waals surface area contributed by atoms with Gasteiger partial charge in [0.15, 0.2) is 0 Å². The van der Waals surface area contributed by atoms with Crippen molar-refractivity contribution in [2.24, 2.45) is 11.8 Å². The smallest absolute Gasteiger partial charge is 0.326 e. The van der Waals surface area contributed by atoms with Gasteiger partial charge in [-0.25, -0.2) is 9.59 Å².